The Labute approximate surface area is 101 Å². The van der Waals surface area contributed by atoms with Crippen LogP contribution < -0.4 is 0 Å². The van der Waals surface area contributed by atoms with Crippen LogP contribution in [0.2, 0.25) is 0 Å². The average Bonchev–Trinajstić information content (AvgIpc) is 2.29. The highest BCUT2D eigenvalue weighted by atomic mass is 19.1. The van der Waals surface area contributed by atoms with E-state index in [4.69, 9.17) is 0 Å². The van der Waals surface area contributed by atoms with Crippen LogP contribution in [0.5, 0.6) is 0 Å². The first-order valence-corrected chi connectivity index (χ1v) is 5.73. The molecule has 1 aromatic rings. The van der Waals surface area contributed by atoms with E-state index in [1.54, 1.807) is 13.8 Å². The molecule has 0 heterocycles. The van der Waals surface area contributed by atoms with Gasteiger partial charge in [0.15, 0.2) is 11.6 Å². The minimum Gasteiger partial charge on any atom is -0.294 e. The lowest BCUT2D eigenvalue weighted by Crippen LogP contribution is -2.15. The van der Waals surface area contributed by atoms with Gasteiger partial charge in [0, 0.05) is 17.0 Å². The minimum absolute atomic E-state index is 0.170. The van der Waals surface area contributed by atoms with Gasteiger partial charge < -0.3 is 0 Å². The van der Waals surface area contributed by atoms with Crippen molar-refractivity contribution in [1.82, 2.24) is 0 Å². The quantitative estimate of drug-likeness (QED) is 0.749. The third-order valence-corrected chi connectivity index (χ3v) is 3.00. The lowest BCUT2D eigenvalue weighted by molar-refractivity contribution is 0.0915. The van der Waals surface area contributed by atoms with Crippen LogP contribution in [0, 0.1) is 18.7 Å². The summed E-state index contributed by atoms with van der Waals surface area (Å²) in [6.07, 6.45) is 0.672. The number of Topliss-reactive ketones (excluding diaryl/α,β-unsaturated/α-hetero) is 2. The van der Waals surface area contributed by atoms with Crippen LogP contribution in [0.4, 0.5) is 4.39 Å². The van der Waals surface area contributed by atoms with E-state index in [1.807, 2.05) is 6.92 Å². The van der Waals surface area contributed by atoms with Gasteiger partial charge in [0.2, 0.25) is 0 Å². The molecule has 0 aromatic heterocycles. The molecule has 0 amide bonds. The predicted molar refractivity (Wildman–Crippen MR) is 64.9 cm³/mol. The van der Waals surface area contributed by atoms with E-state index in [-0.39, 0.29) is 23.0 Å². The molecule has 0 aliphatic heterocycles. The van der Waals surface area contributed by atoms with Crippen molar-refractivity contribution in [3.05, 3.63) is 34.6 Å². The molecule has 0 bridgehead atoms. The SMILES string of the molecule is CCC(C)C(=O)c1cc(F)c(C)cc1C(C)=O. The smallest absolute Gasteiger partial charge is 0.166 e. The average molecular weight is 236 g/mol. The van der Waals surface area contributed by atoms with Gasteiger partial charge in [-0.2, -0.15) is 0 Å². The Kier molecular flexibility index (Phi) is 4.16. The fourth-order valence-electron chi connectivity index (χ4n) is 1.63. The van der Waals surface area contributed by atoms with Gasteiger partial charge in [0.1, 0.15) is 5.82 Å². The van der Waals surface area contributed by atoms with Crippen molar-refractivity contribution < 1.29 is 14.0 Å². The summed E-state index contributed by atoms with van der Waals surface area (Å²) in [6.45, 7) is 6.64. The van der Waals surface area contributed by atoms with Crippen LogP contribution in [-0.2, 0) is 0 Å². The van der Waals surface area contributed by atoms with Crippen molar-refractivity contribution in [3.8, 4) is 0 Å². The number of aryl methyl sites for hydroxylation is 1. The van der Waals surface area contributed by atoms with Crippen molar-refractivity contribution in [2.24, 2.45) is 5.92 Å². The highest BCUT2D eigenvalue weighted by molar-refractivity contribution is 6.08. The molecule has 1 unspecified atom stereocenters. The second-order valence-electron chi connectivity index (χ2n) is 4.38. The maximum atomic E-state index is 13.5. The lowest BCUT2D eigenvalue weighted by Gasteiger charge is -2.12. The second kappa shape index (κ2) is 5.21. The van der Waals surface area contributed by atoms with E-state index < -0.39 is 5.82 Å². The normalized spacial score (nSPS) is 12.3. The largest absolute Gasteiger partial charge is 0.294 e. The monoisotopic (exact) mass is 236 g/mol. The second-order valence-corrected chi connectivity index (χ2v) is 4.38. The molecule has 0 saturated carbocycles. The Hall–Kier alpha value is -1.51. The molecule has 0 radical (unpaired) electrons. The molecule has 92 valence electrons. The number of carbonyl (C=O) groups excluding carboxylic acids is 2. The third-order valence-electron chi connectivity index (χ3n) is 3.00. The Morgan fingerprint density at radius 2 is 1.88 bits per heavy atom. The number of hydrogen-bond acceptors (Lipinski definition) is 2. The maximum absolute atomic E-state index is 13.5. The fourth-order valence-corrected chi connectivity index (χ4v) is 1.63. The van der Waals surface area contributed by atoms with E-state index in [2.05, 4.69) is 0 Å². The maximum Gasteiger partial charge on any atom is 0.166 e. The summed E-state index contributed by atoms with van der Waals surface area (Å²) in [5.74, 6) is -1.02. The molecule has 17 heavy (non-hydrogen) atoms. The van der Waals surface area contributed by atoms with Crippen molar-refractivity contribution in [2.75, 3.05) is 0 Å². The molecule has 0 aliphatic rings. The summed E-state index contributed by atoms with van der Waals surface area (Å²) in [4.78, 5) is 23.5. The van der Waals surface area contributed by atoms with Gasteiger partial charge in [-0.25, -0.2) is 4.39 Å². The Morgan fingerprint density at radius 3 is 2.35 bits per heavy atom. The number of hydrogen-bond donors (Lipinski definition) is 0. The zero-order valence-corrected chi connectivity index (χ0v) is 10.6. The van der Waals surface area contributed by atoms with Crippen molar-refractivity contribution in [3.63, 3.8) is 0 Å². The topological polar surface area (TPSA) is 34.1 Å². The van der Waals surface area contributed by atoms with Crippen molar-refractivity contribution in [2.45, 2.75) is 34.1 Å². The van der Waals surface area contributed by atoms with Gasteiger partial charge in [-0.3, -0.25) is 9.59 Å². The Morgan fingerprint density at radius 1 is 1.29 bits per heavy atom. The van der Waals surface area contributed by atoms with Gasteiger partial charge in [-0.1, -0.05) is 13.8 Å². The summed E-state index contributed by atoms with van der Waals surface area (Å²) < 4.78 is 13.5. The van der Waals surface area contributed by atoms with Crippen molar-refractivity contribution >= 4 is 11.6 Å². The van der Waals surface area contributed by atoms with Gasteiger partial charge in [0.25, 0.3) is 0 Å². The summed E-state index contributed by atoms with van der Waals surface area (Å²) in [5.41, 5.74) is 0.903. The summed E-state index contributed by atoms with van der Waals surface area (Å²) in [6, 6.07) is 2.63. The zero-order chi connectivity index (χ0) is 13.2. The number of halogens is 1. The number of rotatable bonds is 4. The van der Waals surface area contributed by atoms with Crippen LogP contribution in [0.15, 0.2) is 12.1 Å². The zero-order valence-electron chi connectivity index (χ0n) is 10.6. The third kappa shape index (κ3) is 2.78. The molecule has 0 fully saturated rings. The van der Waals surface area contributed by atoms with E-state index in [9.17, 15) is 14.0 Å². The first kappa shape index (κ1) is 13.6. The van der Waals surface area contributed by atoms with E-state index in [0.29, 0.717) is 17.5 Å². The summed E-state index contributed by atoms with van der Waals surface area (Å²) in [5, 5.41) is 0. The van der Waals surface area contributed by atoms with E-state index in [0.717, 1.165) is 0 Å². The molecule has 0 aliphatic carbocycles. The minimum atomic E-state index is -0.443. The molecular weight excluding hydrogens is 219 g/mol. The van der Waals surface area contributed by atoms with Crippen LogP contribution >= 0.6 is 0 Å². The highest BCUT2D eigenvalue weighted by Gasteiger charge is 2.20. The highest BCUT2D eigenvalue weighted by Crippen LogP contribution is 2.20. The number of ketones is 2. The van der Waals surface area contributed by atoms with Crippen LogP contribution in [0.1, 0.15) is 53.5 Å². The lowest BCUT2D eigenvalue weighted by atomic mass is 9.91. The van der Waals surface area contributed by atoms with Gasteiger partial charge in [-0.05, 0) is 38.0 Å². The van der Waals surface area contributed by atoms with Crippen LogP contribution in [0.3, 0.4) is 0 Å². The predicted octanol–water partition coefficient (Wildman–Crippen LogP) is 3.57. The van der Waals surface area contributed by atoms with Gasteiger partial charge >= 0.3 is 0 Å². The molecule has 3 heteroatoms. The molecular formula is C14H17FO2. The standard InChI is InChI=1S/C14H17FO2/c1-5-8(2)14(17)12-7-13(15)9(3)6-11(12)10(4)16/h6-8H,5H2,1-4H3. The number of carbonyl (C=O) groups is 2. The Balaban J connectivity index is 3.36. The van der Waals surface area contributed by atoms with E-state index >= 15 is 0 Å². The van der Waals surface area contributed by atoms with E-state index in [1.165, 1.54) is 19.1 Å². The first-order valence-electron chi connectivity index (χ1n) is 5.73. The molecule has 0 N–H and O–H groups in total. The van der Waals surface area contributed by atoms with Gasteiger partial charge in [-0.15, -0.1) is 0 Å². The summed E-state index contributed by atoms with van der Waals surface area (Å²) in [7, 11) is 0. The molecule has 1 atom stereocenters. The molecule has 1 aromatic carbocycles. The summed E-state index contributed by atoms with van der Waals surface area (Å²) >= 11 is 0. The molecule has 0 spiro atoms. The first-order chi connectivity index (χ1) is 7.88. The van der Waals surface area contributed by atoms with Gasteiger partial charge in [0.05, 0.1) is 0 Å². The fraction of sp³-hybridized carbons (Fsp3) is 0.429. The van der Waals surface area contributed by atoms with Crippen LogP contribution in [-0.4, -0.2) is 11.6 Å². The molecule has 1 rings (SSSR count). The number of benzene rings is 1. The van der Waals surface area contributed by atoms with Crippen LogP contribution in [0.25, 0.3) is 0 Å². The van der Waals surface area contributed by atoms with Crippen molar-refractivity contribution in [1.29, 1.82) is 0 Å². The molecule has 2 nitrogen and oxygen atoms in total. The Bertz CT molecular complexity index is 464. The molecule has 0 saturated heterocycles.